The third-order valence-electron chi connectivity index (χ3n) is 5.40. The predicted octanol–water partition coefficient (Wildman–Crippen LogP) is 4.18. The minimum Gasteiger partial charge on any atom is -0.349 e. The second-order valence-corrected chi connectivity index (χ2v) is 7.91. The summed E-state index contributed by atoms with van der Waals surface area (Å²) in [5, 5.41) is 2.90. The molecule has 1 aliphatic carbocycles. The predicted molar refractivity (Wildman–Crippen MR) is 107 cm³/mol. The first-order chi connectivity index (χ1) is 15.0. The van der Waals surface area contributed by atoms with Crippen LogP contribution in [0.1, 0.15) is 35.2 Å². The Morgan fingerprint density at radius 2 is 1.94 bits per heavy atom. The Morgan fingerprint density at radius 1 is 1.22 bits per heavy atom. The van der Waals surface area contributed by atoms with Crippen LogP contribution in [0, 0.1) is 6.92 Å². The van der Waals surface area contributed by atoms with Crippen molar-refractivity contribution < 1.29 is 26.7 Å². The zero-order valence-electron chi connectivity index (χ0n) is 16.9. The summed E-state index contributed by atoms with van der Waals surface area (Å²) >= 11 is 0. The number of amides is 1. The molecule has 1 fully saturated rings. The van der Waals surface area contributed by atoms with E-state index in [-0.39, 0.29) is 23.1 Å². The number of nitrogens with zero attached hydrogens (tertiary/aromatic N) is 2. The molecule has 2 N–H and O–H groups in total. The van der Waals surface area contributed by atoms with Crippen molar-refractivity contribution in [3.05, 3.63) is 52.1 Å². The van der Waals surface area contributed by atoms with Gasteiger partial charge in [-0.15, -0.1) is 0 Å². The second-order valence-electron chi connectivity index (χ2n) is 7.91. The number of carbonyl (C=O) groups is 1. The van der Waals surface area contributed by atoms with Crippen molar-refractivity contribution in [3.63, 3.8) is 0 Å². The molecule has 0 saturated heterocycles. The summed E-state index contributed by atoms with van der Waals surface area (Å²) in [6.45, 7) is 0.975. The topological polar surface area (TPSA) is 79.8 Å². The van der Waals surface area contributed by atoms with Gasteiger partial charge in [-0.25, -0.2) is 9.78 Å². The number of aromatic amines is 1. The summed E-state index contributed by atoms with van der Waals surface area (Å²) in [6, 6.07) is 6.90. The quantitative estimate of drug-likeness (QED) is 0.549. The van der Waals surface area contributed by atoms with Gasteiger partial charge in [0.15, 0.2) is 5.65 Å². The highest BCUT2D eigenvalue weighted by Gasteiger charge is 2.56. The third-order valence-corrected chi connectivity index (χ3v) is 5.40. The molecule has 2 heterocycles. The SMILES string of the molecule is Cc1ccc(C(=O)NC2CC2)cc1-c1cnc2c(c1)[nH]c(=O)n2CCC(F)(F)C(F)(F)F. The number of pyridine rings is 1. The largest absolute Gasteiger partial charge is 0.453 e. The van der Waals surface area contributed by atoms with Crippen molar-refractivity contribution in [2.75, 3.05) is 0 Å². The van der Waals surface area contributed by atoms with Crippen molar-refractivity contribution >= 4 is 17.1 Å². The summed E-state index contributed by atoms with van der Waals surface area (Å²) in [5.41, 5.74) is 1.85. The molecule has 0 aliphatic heterocycles. The Bertz CT molecular complexity index is 1240. The number of hydrogen-bond donors (Lipinski definition) is 2. The van der Waals surface area contributed by atoms with E-state index in [2.05, 4.69) is 15.3 Å². The van der Waals surface area contributed by atoms with Crippen LogP contribution < -0.4 is 11.0 Å². The van der Waals surface area contributed by atoms with Gasteiger partial charge in [-0.2, -0.15) is 22.0 Å². The molecule has 3 aromatic rings. The van der Waals surface area contributed by atoms with Crippen LogP contribution in [0.3, 0.4) is 0 Å². The van der Waals surface area contributed by atoms with Gasteiger partial charge in [0, 0.05) is 36.3 Å². The molecule has 1 amide bonds. The van der Waals surface area contributed by atoms with Gasteiger partial charge in [0.2, 0.25) is 0 Å². The third kappa shape index (κ3) is 4.23. The number of aryl methyl sites for hydroxylation is 2. The first-order valence-corrected chi connectivity index (χ1v) is 9.91. The van der Waals surface area contributed by atoms with Gasteiger partial charge in [0.1, 0.15) is 0 Å². The van der Waals surface area contributed by atoms with Crippen molar-refractivity contribution in [2.45, 2.75) is 50.9 Å². The molecule has 1 saturated carbocycles. The summed E-state index contributed by atoms with van der Waals surface area (Å²) in [6.07, 6.45) is -3.99. The van der Waals surface area contributed by atoms with Crippen LogP contribution in [0.15, 0.2) is 35.3 Å². The molecule has 0 radical (unpaired) electrons. The lowest BCUT2D eigenvalue weighted by atomic mass is 9.99. The molecule has 11 heteroatoms. The van der Waals surface area contributed by atoms with Crippen molar-refractivity contribution in [1.82, 2.24) is 19.9 Å². The number of alkyl halides is 5. The summed E-state index contributed by atoms with van der Waals surface area (Å²) in [4.78, 5) is 31.1. The Labute approximate surface area is 178 Å². The molecule has 1 aliphatic rings. The normalized spacial score (nSPS) is 14.7. The van der Waals surface area contributed by atoms with Crippen LogP contribution in [0.2, 0.25) is 0 Å². The van der Waals surface area contributed by atoms with Crippen molar-refractivity contribution in [2.24, 2.45) is 0 Å². The van der Waals surface area contributed by atoms with Gasteiger partial charge in [0.05, 0.1) is 5.52 Å². The number of benzene rings is 1. The molecule has 170 valence electrons. The van der Waals surface area contributed by atoms with Gasteiger partial charge >= 0.3 is 17.8 Å². The number of aromatic nitrogens is 3. The van der Waals surface area contributed by atoms with E-state index in [0.717, 1.165) is 23.0 Å². The number of nitrogens with one attached hydrogen (secondary N) is 2. The van der Waals surface area contributed by atoms with E-state index in [1.54, 1.807) is 24.3 Å². The second kappa shape index (κ2) is 7.72. The average molecular weight is 454 g/mol. The number of H-pyrrole nitrogens is 1. The van der Waals surface area contributed by atoms with Gasteiger partial charge < -0.3 is 10.3 Å². The summed E-state index contributed by atoms with van der Waals surface area (Å²) in [5.74, 6) is -5.12. The van der Waals surface area contributed by atoms with Crippen LogP contribution in [0.25, 0.3) is 22.3 Å². The maximum Gasteiger partial charge on any atom is 0.453 e. The highest BCUT2D eigenvalue weighted by atomic mass is 19.4. The van der Waals surface area contributed by atoms with E-state index in [4.69, 9.17) is 0 Å². The molecule has 0 bridgehead atoms. The number of rotatable bonds is 6. The highest BCUT2D eigenvalue weighted by Crippen LogP contribution is 2.38. The van der Waals surface area contributed by atoms with Crippen molar-refractivity contribution in [1.29, 1.82) is 0 Å². The molecule has 4 rings (SSSR count). The first-order valence-electron chi connectivity index (χ1n) is 9.91. The molecule has 2 aromatic heterocycles. The fourth-order valence-corrected chi connectivity index (χ4v) is 3.36. The highest BCUT2D eigenvalue weighted by molar-refractivity contribution is 5.96. The Balaban J connectivity index is 1.64. The van der Waals surface area contributed by atoms with E-state index in [1.807, 2.05) is 6.92 Å². The van der Waals surface area contributed by atoms with E-state index in [9.17, 15) is 31.5 Å². The molecular weight excluding hydrogens is 435 g/mol. The maximum atomic E-state index is 13.3. The number of hydrogen-bond acceptors (Lipinski definition) is 3. The van der Waals surface area contributed by atoms with E-state index >= 15 is 0 Å². The maximum absolute atomic E-state index is 13.3. The van der Waals surface area contributed by atoms with E-state index in [0.29, 0.717) is 16.7 Å². The molecule has 32 heavy (non-hydrogen) atoms. The molecule has 0 spiro atoms. The lowest BCUT2D eigenvalue weighted by Crippen LogP contribution is -2.38. The smallest absolute Gasteiger partial charge is 0.349 e. The fraction of sp³-hybridized carbons (Fsp3) is 0.381. The zero-order chi connectivity index (χ0) is 23.3. The lowest BCUT2D eigenvalue weighted by Gasteiger charge is -2.19. The van der Waals surface area contributed by atoms with E-state index in [1.165, 1.54) is 6.20 Å². The minimum absolute atomic E-state index is 0.0305. The Hall–Kier alpha value is -3.24. The van der Waals surface area contributed by atoms with Gasteiger partial charge in [-0.05, 0) is 49.1 Å². The van der Waals surface area contributed by atoms with Crippen molar-refractivity contribution in [3.8, 4) is 11.1 Å². The van der Waals surface area contributed by atoms with Crippen LogP contribution >= 0.6 is 0 Å². The molecule has 0 atom stereocenters. The molecular formula is C21H19F5N4O2. The molecule has 6 nitrogen and oxygen atoms in total. The monoisotopic (exact) mass is 454 g/mol. The summed E-state index contributed by atoms with van der Waals surface area (Å²) in [7, 11) is 0. The number of halogens is 5. The molecule has 0 unspecified atom stereocenters. The van der Waals surface area contributed by atoms with E-state index < -0.39 is 30.8 Å². The average Bonchev–Trinajstić information content (AvgIpc) is 3.46. The van der Waals surface area contributed by atoms with Gasteiger partial charge in [-0.1, -0.05) is 6.07 Å². The number of carbonyl (C=O) groups excluding carboxylic acids is 1. The standard InChI is InChI=1S/C21H19F5N4O2/c1-11-2-3-12(18(31)28-14-4-5-14)8-15(11)13-9-16-17(27-10-13)30(19(32)29-16)7-6-20(22,23)21(24,25)26/h2-3,8-10,14H,4-7H2,1H3,(H,28,31)(H,29,32). The molecule has 1 aromatic carbocycles. The Kier molecular flexibility index (Phi) is 5.30. The van der Waals surface area contributed by atoms with Crippen LogP contribution in [0.4, 0.5) is 22.0 Å². The van der Waals surface area contributed by atoms with Crippen LogP contribution in [0.5, 0.6) is 0 Å². The van der Waals surface area contributed by atoms with Crippen LogP contribution in [-0.4, -0.2) is 38.6 Å². The minimum atomic E-state index is -5.70. The fourth-order valence-electron chi connectivity index (χ4n) is 3.36. The number of fused-ring (bicyclic) bond motifs is 1. The zero-order valence-corrected chi connectivity index (χ0v) is 16.9. The first kappa shape index (κ1) is 22.0. The lowest BCUT2D eigenvalue weighted by molar-refractivity contribution is -0.285. The summed E-state index contributed by atoms with van der Waals surface area (Å²) < 4.78 is 64.6. The van der Waals surface area contributed by atoms with Crippen LogP contribution in [-0.2, 0) is 6.54 Å². The van der Waals surface area contributed by atoms with Gasteiger partial charge in [0.25, 0.3) is 5.91 Å². The Morgan fingerprint density at radius 3 is 2.59 bits per heavy atom. The van der Waals surface area contributed by atoms with Gasteiger partial charge in [-0.3, -0.25) is 9.36 Å². The number of imidazole rings is 1.